The lowest BCUT2D eigenvalue weighted by Gasteiger charge is -2.26. The number of carbonyl (C=O) groups is 3. The zero-order valence-corrected chi connectivity index (χ0v) is 15.3. The van der Waals surface area contributed by atoms with E-state index in [-0.39, 0.29) is 12.8 Å². The van der Waals surface area contributed by atoms with Crippen LogP contribution in [0.4, 0.5) is 10.5 Å². The van der Waals surface area contributed by atoms with Crippen LogP contribution in [-0.2, 0) is 9.59 Å². The number of rotatable bonds is 5. The van der Waals surface area contributed by atoms with Gasteiger partial charge in [0.05, 0.1) is 6.42 Å². The molecular weight excluding hydrogens is 385 g/mol. The van der Waals surface area contributed by atoms with E-state index in [0.717, 1.165) is 0 Å². The Morgan fingerprint density at radius 2 is 1.81 bits per heavy atom. The van der Waals surface area contributed by atoms with Gasteiger partial charge in [0.1, 0.15) is 5.54 Å². The molecule has 8 nitrogen and oxygen atoms in total. The van der Waals surface area contributed by atoms with Crippen LogP contribution in [0, 0.1) is 11.8 Å². The molecule has 0 heterocycles. The lowest BCUT2D eigenvalue weighted by Crippen LogP contribution is -2.51. The number of carbonyl (C=O) groups excluding carboxylic acids is 1. The average Bonchev–Trinajstić information content (AvgIpc) is 2.71. The van der Waals surface area contributed by atoms with E-state index in [9.17, 15) is 19.5 Å². The van der Waals surface area contributed by atoms with Crippen LogP contribution in [0.5, 0.6) is 0 Å². The van der Waals surface area contributed by atoms with Gasteiger partial charge < -0.3 is 26.6 Å². The summed E-state index contributed by atoms with van der Waals surface area (Å²) in [7, 11) is 0. The van der Waals surface area contributed by atoms with Crippen LogP contribution in [0.1, 0.15) is 19.8 Å². The summed E-state index contributed by atoms with van der Waals surface area (Å²) in [6, 6.07) is 3.14. The van der Waals surface area contributed by atoms with Gasteiger partial charge in [0.15, 0.2) is 0 Å². The van der Waals surface area contributed by atoms with Crippen molar-refractivity contribution < 1.29 is 24.6 Å². The van der Waals surface area contributed by atoms with Crippen LogP contribution in [0.2, 0.25) is 10.0 Å². The fourth-order valence-electron chi connectivity index (χ4n) is 3.35. The number of carboxylic acids is 2. The minimum Gasteiger partial charge on any atom is -0.481 e. The van der Waals surface area contributed by atoms with E-state index in [0.29, 0.717) is 15.7 Å². The van der Waals surface area contributed by atoms with Crippen LogP contribution < -0.4 is 16.4 Å². The molecule has 1 aliphatic rings. The second-order valence-electron chi connectivity index (χ2n) is 6.46. The number of amides is 2. The zero-order chi connectivity index (χ0) is 19.6. The van der Waals surface area contributed by atoms with E-state index in [2.05, 4.69) is 10.6 Å². The van der Waals surface area contributed by atoms with E-state index >= 15 is 0 Å². The van der Waals surface area contributed by atoms with Gasteiger partial charge in [0.2, 0.25) is 0 Å². The van der Waals surface area contributed by atoms with Gasteiger partial charge in [-0.15, -0.1) is 0 Å². The van der Waals surface area contributed by atoms with Gasteiger partial charge in [-0.25, -0.2) is 4.79 Å². The summed E-state index contributed by atoms with van der Waals surface area (Å²) in [6.07, 6.45) is -0.382. The van der Waals surface area contributed by atoms with Gasteiger partial charge in [-0.2, -0.15) is 0 Å². The molecule has 26 heavy (non-hydrogen) atoms. The van der Waals surface area contributed by atoms with E-state index in [1.807, 2.05) is 0 Å². The van der Waals surface area contributed by atoms with Gasteiger partial charge in [-0.3, -0.25) is 9.59 Å². The van der Waals surface area contributed by atoms with Crippen LogP contribution in [0.15, 0.2) is 18.2 Å². The monoisotopic (exact) mass is 403 g/mol. The van der Waals surface area contributed by atoms with Gasteiger partial charge in [-0.1, -0.05) is 30.1 Å². The summed E-state index contributed by atoms with van der Waals surface area (Å²) >= 11 is 11.7. The maximum Gasteiger partial charge on any atom is 0.324 e. The molecule has 6 N–H and O–H groups in total. The molecule has 1 saturated carbocycles. The second kappa shape index (κ2) is 7.69. The SMILES string of the molecule is C[C@@H]1[C@H](CC(=O)O)[C@@H](NC(=O)Nc2cc(Cl)cc(Cl)c2)C[C@@]1(N)C(=O)O. The van der Waals surface area contributed by atoms with Crippen molar-refractivity contribution in [3.63, 3.8) is 0 Å². The van der Waals surface area contributed by atoms with Crippen LogP contribution in [0.3, 0.4) is 0 Å². The van der Waals surface area contributed by atoms with Crippen molar-refractivity contribution in [1.29, 1.82) is 0 Å². The molecule has 1 fully saturated rings. The van der Waals surface area contributed by atoms with Crippen molar-refractivity contribution in [3.05, 3.63) is 28.2 Å². The predicted molar refractivity (Wildman–Crippen MR) is 96.5 cm³/mol. The minimum absolute atomic E-state index is 0.0782. The predicted octanol–water partition coefficient (Wildman–Crippen LogP) is 2.40. The number of hydrogen-bond acceptors (Lipinski definition) is 4. The Morgan fingerprint density at radius 3 is 2.31 bits per heavy atom. The van der Waals surface area contributed by atoms with E-state index in [1.165, 1.54) is 18.2 Å². The van der Waals surface area contributed by atoms with E-state index in [4.69, 9.17) is 34.0 Å². The smallest absolute Gasteiger partial charge is 0.324 e. The average molecular weight is 404 g/mol. The Bertz CT molecular complexity index is 724. The number of aliphatic carboxylic acids is 2. The lowest BCUT2D eigenvalue weighted by atomic mass is 9.84. The number of nitrogens with one attached hydrogen (secondary N) is 2. The summed E-state index contributed by atoms with van der Waals surface area (Å²) in [5.41, 5.74) is 4.70. The molecule has 0 aliphatic heterocycles. The Balaban J connectivity index is 2.15. The van der Waals surface area contributed by atoms with Crippen molar-refractivity contribution in [2.24, 2.45) is 17.6 Å². The molecule has 1 aromatic carbocycles. The highest BCUT2D eigenvalue weighted by molar-refractivity contribution is 6.35. The zero-order valence-electron chi connectivity index (χ0n) is 13.8. The number of benzene rings is 1. The van der Waals surface area contributed by atoms with Gasteiger partial charge in [-0.05, 0) is 36.5 Å². The van der Waals surface area contributed by atoms with Crippen molar-refractivity contribution >= 4 is 46.9 Å². The summed E-state index contributed by atoms with van der Waals surface area (Å²) in [6.45, 7) is 1.58. The molecule has 2 amide bonds. The minimum atomic E-state index is -1.61. The van der Waals surface area contributed by atoms with Crippen LogP contribution in [0.25, 0.3) is 0 Å². The first-order valence-electron chi connectivity index (χ1n) is 7.80. The second-order valence-corrected chi connectivity index (χ2v) is 7.34. The summed E-state index contributed by atoms with van der Waals surface area (Å²) in [5, 5.41) is 24.3. The third kappa shape index (κ3) is 4.38. The van der Waals surface area contributed by atoms with Crippen molar-refractivity contribution in [1.82, 2.24) is 5.32 Å². The fourth-order valence-corrected chi connectivity index (χ4v) is 3.88. The van der Waals surface area contributed by atoms with Gasteiger partial charge in [0.25, 0.3) is 0 Å². The summed E-state index contributed by atoms with van der Waals surface area (Å²) in [5.74, 6) is -3.58. The standard InChI is InChI=1S/C16H19Cl2N3O5/c1-7-11(5-13(22)23)12(6-16(7,19)14(24)25)21-15(26)20-10-3-8(17)2-9(18)4-10/h2-4,7,11-12H,5-6,19H2,1H3,(H,22,23)(H,24,25)(H2,20,21,26)/t7-,11+,12+,16+/m1/s1. The number of carboxylic acid groups (broad SMARTS) is 2. The maximum atomic E-state index is 12.3. The Labute approximate surface area is 159 Å². The molecule has 10 heteroatoms. The van der Waals surface area contributed by atoms with Crippen molar-refractivity contribution in [2.75, 3.05) is 5.32 Å². The molecule has 4 atom stereocenters. The molecule has 0 spiro atoms. The maximum absolute atomic E-state index is 12.3. The van der Waals surface area contributed by atoms with E-state index < -0.39 is 41.4 Å². The van der Waals surface area contributed by atoms with Crippen LogP contribution >= 0.6 is 23.2 Å². The van der Waals surface area contributed by atoms with Gasteiger partial charge in [0, 0.05) is 21.8 Å². The first kappa shape index (κ1) is 20.3. The highest BCUT2D eigenvalue weighted by Crippen LogP contribution is 2.41. The van der Waals surface area contributed by atoms with Crippen molar-refractivity contribution in [2.45, 2.75) is 31.3 Å². The Hall–Kier alpha value is -2.03. The third-order valence-electron chi connectivity index (χ3n) is 4.77. The molecule has 0 bridgehead atoms. The molecular formula is C16H19Cl2N3O5. The topological polar surface area (TPSA) is 142 Å². The normalized spacial score (nSPS) is 27.8. The highest BCUT2D eigenvalue weighted by Gasteiger charge is 2.54. The third-order valence-corrected chi connectivity index (χ3v) is 5.21. The summed E-state index contributed by atoms with van der Waals surface area (Å²) < 4.78 is 0. The van der Waals surface area contributed by atoms with E-state index in [1.54, 1.807) is 6.92 Å². The summed E-state index contributed by atoms with van der Waals surface area (Å²) in [4.78, 5) is 34.9. The largest absolute Gasteiger partial charge is 0.481 e. The molecule has 1 aliphatic carbocycles. The molecule has 0 radical (unpaired) electrons. The molecule has 1 aromatic rings. The molecule has 2 rings (SSSR count). The van der Waals surface area contributed by atoms with Crippen molar-refractivity contribution in [3.8, 4) is 0 Å². The number of nitrogens with two attached hydrogens (primary N) is 1. The number of halogens is 2. The molecule has 0 unspecified atom stereocenters. The first-order chi connectivity index (χ1) is 12.0. The number of urea groups is 1. The lowest BCUT2D eigenvalue weighted by molar-refractivity contribution is -0.146. The molecule has 0 aromatic heterocycles. The van der Waals surface area contributed by atoms with Gasteiger partial charge >= 0.3 is 18.0 Å². The quantitative estimate of drug-likeness (QED) is 0.510. The first-order valence-corrected chi connectivity index (χ1v) is 8.56. The number of anilines is 1. The highest BCUT2D eigenvalue weighted by atomic mass is 35.5. The molecule has 142 valence electrons. The fraction of sp³-hybridized carbons (Fsp3) is 0.438. The Morgan fingerprint density at radius 1 is 1.23 bits per heavy atom. The molecule has 0 saturated heterocycles. The number of hydrogen-bond donors (Lipinski definition) is 5. The Kier molecular flexibility index (Phi) is 6.00. The van der Waals surface area contributed by atoms with Crippen LogP contribution in [-0.4, -0.2) is 39.8 Å².